The average Bonchev–Trinajstić information content (AvgIpc) is 3.74. The quantitative estimate of drug-likeness (QED) is 0.134. The Morgan fingerprint density at radius 1 is 1.13 bits per heavy atom. The number of anilines is 4. The summed E-state index contributed by atoms with van der Waals surface area (Å²) in [5.74, 6) is 1.25. The van der Waals surface area contributed by atoms with Crippen LogP contribution in [-0.2, 0) is 24.4 Å². The lowest BCUT2D eigenvalue weighted by atomic mass is 10.1. The number of carbonyl (C=O) groups is 1. The number of furan rings is 1. The number of piperazine rings is 1. The first-order valence-electron chi connectivity index (χ1n) is 14.4. The molecule has 14 nitrogen and oxygen atoms in total. The molecule has 234 valence electrons. The summed E-state index contributed by atoms with van der Waals surface area (Å²) in [6.07, 6.45) is 8.56. The van der Waals surface area contributed by atoms with Crippen LogP contribution < -0.4 is 15.4 Å². The topological polar surface area (TPSA) is 169 Å². The van der Waals surface area contributed by atoms with E-state index in [1.54, 1.807) is 25.3 Å². The molecule has 1 aromatic carbocycles. The van der Waals surface area contributed by atoms with Gasteiger partial charge in [0.1, 0.15) is 35.0 Å². The van der Waals surface area contributed by atoms with Gasteiger partial charge in [-0.1, -0.05) is 18.2 Å². The van der Waals surface area contributed by atoms with Gasteiger partial charge in [0.05, 0.1) is 23.0 Å². The number of amides is 1. The molecular formula is C30H34N10O4S. The van der Waals surface area contributed by atoms with Crippen LogP contribution in [0.15, 0.2) is 65.6 Å². The maximum Gasteiger partial charge on any atom is 0.275 e. The van der Waals surface area contributed by atoms with Crippen molar-refractivity contribution in [3.63, 3.8) is 0 Å². The van der Waals surface area contributed by atoms with Gasteiger partial charge in [-0.3, -0.25) is 24.1 Å². The number of aromatic amines is 1. The minimum absolute atomic E-state index is 0.276. The Hall–Kier alpha value is -4.83. The number of rotatable bonds is 11. The Kier molecular flexibility index (Phi) is 9.02. The predicted molar refractivity (Wildman–Crippen MR) is 173 cm³/mol. The highest BCUT2D eigenvalue weighted by atomic mass is 32.2. The number of nitrogens with one attached hydrogen (secondary N) is 4. The van der Waals surface area contributed by atoms with Crippen molar-refractivity contribution in [2.75, 3.05) is 48.6 Å². The van der Waals surface area contributed by atoms with E-state index in [9.17, 15) is 9.00 Å². The van der Waals surface area contributed by atoms with Crippen molar-refractivity contribution in [3.05, 3.63) is 84.0 Å². The summed E-state index contributed by atoms with van der Waals surface area (Å²) >= 11 is -2.18. The molecule has 15 heteroatoms. The van der Waals surface area contributed by atoms with Gasteiger partial charge < -0.3 is 24.5 Å². The predicted octanol–water partition coefficient (Wildman–Crippen LogP) is 4.06. The average molecular weight is 631 g/mol. The van der Waals surface area contributed by atoms with Gasteiger partial charge in [-0.15, -0.1) is 0 Å². The van der Waals surface area contributed by atoms with Gasteiger partial charge in [-0.05, 0) is 43.8 Å². The second-order valence-electron chi connectivity index (χ2n) is 10.8. The molecular weight excluding hydrogens is 596 g/mol. The molecule has 5 aromatic rings. The van der Waals surface area contributed by atoms with Crippen LogP contribution in [0.3, 0.4) is 0 Å². The first-order valence-corrected chi connectivity index (χ1v) is 15.5. The highest BCUT2D eigenvalue weighted by Crippen LogP contribution is 2.26. The van der Waals surface area contributed by atoms with Crippen molar-refractivity contribution in [2.45, 2.75) is 20.0 Å². The van der Waals surface area contributed by atoms with E-state index in [-0.39, 0.29) is 11.6 Å². The van der Waals surface area contributed by atoms with Crippen molar-refractivity contribution in [3.8, 4) is 0 Å². The number of aryl methyl sites for hydroxylation is 1. The zero-order chi connectivity index (χ0) is 31.3. The number of hydrogen-bond donors (Lipinski definition) is 5. The summed E-state index contributed by atoms with van der Waals surface area (Å²) < 4.78 is 30.1. The van der Waals surface area contributed by atoms with Gasteiger partial charge in [-0.25, -0.2) is 14.2 Å². The lowest BCUT2D eigenvalue weighted by Crippen LogP contribution is -2.43. The summed E-state index contributed by atoms with van der Waals surface area (Å²) in [5.41, 5.74) is 3.80. The molecule has 0 radical (unpaired) electrons. The molecule has 4 aromatic heterocycles. The summed E-state index contributed by atoms with van der Waals surface area (Å²) in [7, 11) is 2.15. The van der Waals surface area contributed by atoms with Crippen LogP contribution in [-0.4, -0.2) is 82.4 Å². The smallest absolute Gasteiger partial charge is 0.275 e. The number of carbonyl (C=O) groups excluding carboxylic acids is 1. The molecule has 1 saturated heterocycles. The summed E-state index contributed by atoms with van der Waals surface area (Å²) in [6.45, 7) is 7.33. The second kappa shape index (κ2) is 13.4. The van der Waals surface area contributed by atoms with Crippen LogP contribution in [0, 0.1) is 6.92 Å². The van der Waals surface area contributed by atoms with Gasteiger partial charge in [0.25, 0.3) is 17.2 Å². The number of hydrogen-bond acceptors (Lipinski definition) is 9. The summed E-state index contributed by atoms with van der Waals surface area (Å²) in [5, 5.41) is 13.8. The van der Waals surface area contributed by atoms with Crippen LogP contribution in [0.1, 0.15) is 27.6 Å². The maximum atomic E-state index is 13.2. The Balaban J connectivity index is 1.09. The Labute approximate surface area is 261 Å². The molecule has 0 saturated carbocycles. The van der Waals surface area contributed by atoms with Crippen LogP contribution >= 0.6 is 0 Å². The van der Waals surface area contributed by atoms with Crippen LogP contribution in [0.4, 0.5) is 22.9 Å². The van der Waals surface area contributed by atoms with E-state index in [1.165, 1.54) is 11.9 Å². The number of allylic oxidation sites excluding steroid dienone is 1. The highest BCUT2D eigenvalue weighted by molar-refractivity contribution is 7.80. The Morgan fingerprint density at radius 2 is 1.93 bits per heavy atom. The van der Waals surface area contributed by atoms with E-state index < -0.39 is 11.3 Å². The zero-order valence-corrected chi connectivity index (χ0v) is 25.7. The number of H-pyrrole nitrogens is 1. The lowest BCUT2D eigenvalue weighted by Gasteiger charge is -2.32. The van der Waals surface area contributed by atoms with Crippen LogP contribution in [0.25, 0.3) is 17.1 Å². The summed E-state index contributed by atoms with van der Waals surface area (Å²) in [6, 6.07) is 11.5. The van der Waals surface area contributed by atoms with Crippen molar-refractivity contribution in [1.29, 1.82) is 0 Å². The number of likely N-dealkylation sites (N-methyl/N-ethyl adjacent to an activating group) is 1. The second-order valence-corrected chi connectivity index (χ2v) is 11.5. The molecule has 5 N–H and O–H groups in total. The fourth-order valence-electron chi connectivity index (χ4n) is 5.15. The number of nitrogens with zero attached hydrogens (tertiary/aromatic N) is 6. The van der Waals surface area contributed by atoms with Gasteiger partial charge >= 0.3 is 0 Å². The van der Waals surface area contributed by atoms with E-state index in [1.807, 2.05) is 47.2 Å². The standard InChI is InChI=1S/C30H34N10O4S/c1-20-25(37-45(42)43)16-23(44-20)4-3-10-40-11-9-24-28(31-19-32-29(24)40)35-26-17-33-36-27(26)30(41)34-22-7-5-21(6-8-22)18-39-14-12-38(2)13-15-39/h3-9,11,16-17,19,37H,10,12-15,18H2,1-2H3,(H,33,36)(H,34,41)(H,42,43)(H,31,32,35)/b4-3+. The van der Waals surface area contributed by atoms with Crippen LogP contribution in [0.5, 0.6) is 0 Å². The first-order chi connectivity index (χ1) is 21.8. The molecule has 0 bridgehead atoms. The molecule has 45 heavy (non-hydrogen) atoms. The molecule has 6 rings (SSSR count). The van der Waals surface area contributed by atoms with Crippen molar-refractivity contribution < 1.29 is 18.0 Å². The minimum Gasteiger partial charge on any atom is -0.460 e. The van der Waals surface area contributed by atoms with Gasteiger partial charge in [0.15, 0.2) is 0 Å². The number of benzene rings is 1. The van der Waals surface area contributed by atoms with E-state index in [2.05, 4.69) is 52.4 Å². The monoisotopic (exact) mass is 630 g/mol. The maximum absolute atomic E-state index is 13.2. The van der Waals surface area contributed by atoms with Gasteiger partial charge in [0.2, 0.25) is 0 Å². The first kappa shape index (κ1) is 30.2. The molecule has 5 heterocycles. The fraction of sp³-hybridized carbons (Fsp3) is 0.267. The van der Waals surface area contributed by atoms with E-state index in [0.29, 0.717) is 46.6 Å². The minimum atomic E-state index is -2.18. The van der Waals surface area contributed by atoms with Gasteiger partial charge in [-0.2, -0.15) is 5.10 Å². The van der Waals surface area contributed by atoms with E-state index >= 15 is 0 Å². The zero-order valence-electron chi connectivity index (χ0n) is 24.9. The SMILES string of the molecule is Cc1oc(/C=C/Cn2ccc3c(Nc4cn[nH]c4C(=O)Nc4ccc(CN5CCN(C)CC5)cc4)ncnc32)cc1NS(=O)O. The third-order valence-electron chi connectivity index (χ3n) is 7.61. The van der Waals surface area contributed by atoms with Crippen molar-refractivity contribution in [2.24, 2.45) is 0 Å². The normalized spacial score (nSPS) is 15.1. The number of aromatic nitrogens is 5. The molecule has 1 fully saturated rings. The Morgan fingerprint density at radius 3 is 2.71 bits per heavy atom. The molecule has 1 atom stereocenters. The molecule has 0 spiro atoms. The lowest BCUT2D eigenvalue weighted by molar-refractivity contribution is 0.102. The fourth-order valence-corrected chi connectivity index (χ4v) is 5.54. The third kappa shape index (κ3) is 7.29. The summed E-state index contributed by atoms with van der Waals surface area (Å²) in [4.78, 5) is 26.8. The molecule has 1 aliphatic heterocycles. The number of fused-ring (bicyclic) bond motifs is 1. The molecule has 1 unspecified atom stereocenters. The molecule has 1 aliphatic rings. The van der Waals surface area contributed by atoms with Crippen LogP contribution in [0.2, 0.25) is 0 Å². The molecule has 0 aliphatic carbocycles. The Bertz CT molecular complexity index is 1840. The highest BCUT2D eigenvalue weighted by Gasteiger charge is 2.18. The van der Waals surface area contributed by atoms with E-state index in [4.69, 9.17) is 8.97 Å². The third-order valence-corrected chi connectivity index (χ3v) is 8.00. The van der Waals surface area contributed by atoms with Crippen molar-refractivity contribution in [1.82, 2.24) is 34.5 Å². The largest absolute Gasteiger partial charge is 0.460 e. The molecule has 1 amide bonds. The van der Waals surface area contributed by atoms with E-state index in [0.717, 1.165) is 38.1 Å². The van der Waals surface area contributed by atoms with Gasteiger partial charge in [0, 0.05) is 57.2 Å². The van der Waals surface area contributed by atoms with Crippen molar-refractivity contribution >= 4 is 57.2 Å².